The van der Waals surface area contributed by atoms with Gasteiger partial charge in [0.2, 0.25) is 0 Å². The fourth-order valence-corrected chi connectivity index (χ4v) is 1.58. The topological polar surface area (TPSA) is 32.6 Å². The summed E-state index contributed by atoms with van der Waals surface area (Å²) >= 11 is 0. The zero-order valence-electron chi connectivity index (χ0n) is 12.4. The van der Waals surface area contributed by atoms with Crippen LogP contribution < -0.4 is 0 Å². The molecule has 0 unspecified atom stereocenters. The molecule has 0 spiro atoms. The summed E-state index contributed by atoms with van der Waals surface area (Å²) < 4.78 is 140. The molecule has 1 aromatic carbocycles. The first kappa shape index (κ1) is 22.0. The van der Waals surface area contributed by atoms with Gasteiger partial charge >= 0.3 is 30.0 Å². The van der Waals surface area contributed by atoms with Gasteiger partial charge in [-0.05, 0) is 18.6 Å². The minimum atomic E-state index is -7.52. The third-order valence-electron chi connectivity index (χ3n) is 3.16. The number of nitrogens with zero attached hydrogens (tertiary/aromatic N) is 1. The third kappa shape index (κ3) is 3.30. The number of alkyl halides is 11. The molecular formula is C13H8F11NO. The summed E-state index contributed by atoms with van der Waals surface area (Å²) in [6, 6.07) is -3.19. The molecule has 1 aromatic rings. The van der Waals surface area contributed by atoms with Crippen LogP contribution in [0.2, 0.25) is 0 Å². The maximum atomic E-state index is 13.3. The molecule has 1 N–H and O–H groups in total. The molecule has 0 fully saturated rings. The van der Waals surface area contributed by atoms with E-state index >= 15 is 0 Å². The quantitative estimate of drug-likeness (QED) is 0.410. The largest absolute Gasteiger partial charge is 0.507 e. The van der Waals surface area contributed by atoms with Crippen molar-refractivity contribution >= 4 is 6.21 Å². The predicted molar refractivity (Wildman–Crippen MR) is 66.3 cm³/mol. The molecule has 0 saturated heterocycles. The van der Waals surface area contributed by atoms with Crippen molar-refractivity contribution in [2.24, 2.45) is 4.99 Å². The fourth-order valence-electron chi connectivity index (χ4n) is 1.58. The number of aliphatic imine (C=N–C) groups is 1. The number of halogens is 11. The van der Waals surface area contributed by atoms with E-state index in [0.29, 0.717) is 0 Å². The van der Waals surface area contributed by atoms with Crippen LogP contribution in [0.4, 0.5) is 48.3 Å². The summed E-state index contributed by atoms with van der Waals surface area (Å²) in [5.74, 6) is -23.0. The Hall–Kier alpha value is -2.08. The van der Waals surface area contributed by atoms with Crippen molar-refractivity contribution in [3.8, 4) is 5.75 Å². The highest BCUT2D eigenvalue weighted by molar-refractivity contribution is 5.84. The SMILES string of the molecule is Cc1cccc(/C=N\C(F)(F)C(F)(F)C(F)(F)C(F)(F)C(F)(F)F)c1O. The molecule has 0 heterocycles. The molecule has 0 amide bonds. The van der Waals surface area contributed by atoms with Gasteiger partial charge in [-0.1, -0.05) is 12.1 Å². The molecule has 0 atom stereocenters. The van der Waals surface area contributed by atoms with E-state index in [4.69, 9.17) is 0 Å². The van der Waals surface area contributed by atoms with Crippen LogP contribution in [0.25, 0.3) is 0 Å². The standard InChI is InChI=1S/C13H8F11NO/c1-6-3-2-4-7(8(6)26)5-25-13(23,24)11(18,19)9(14,15)10(16,17)12(20,21)22/h2-5,26H,1H3/b25-5-. The molecule has 0 aromatic heterocycles. The monoisotopic (exact) mass is 403 g/mol. The Morgan fingerprint density at radius 3 is 1.77 bits per heavy atom. The van der Waals surface area contributed by atoms with E-state index < -0.39 is 41.3 Å². The molecule has 148 valence electrons. The van der Waals surface area contributed by atoms with Crippen molar-refractivity contribution in [3.63, 3.8) is 0 Å². The third-order valence-corrected chi connectivity index (χ3v) is 3.16. The van der Waals surface area contributed by atoms with Crippen molar-refractivity contribution in [1.82, 2.24) is 0 Å². The smallest absolute Gasteiger partial charge is 0.460 e. The number of benzene rings is 1. The van der Waals surface area contributed by atoms with Crippen LogP contribution in [0.5, 0.6) is 5.75 Å². The Morgan fingerprint density at radius 1 is 0.808 bits per heavy atom. The van der Waals surface area contributed by atoms with Crippen molar-refractivity contribution in [3.05, 3.63) is 29.3 Å². The van der Waals surface area contributed by atoms with Gasteiger partial charge in [0, 0.05) is 11.8 Å². The maximum Gasteiger partial charge on any atom is 0.460 e. The Kier molecular flexibility index (Phi) is 5.29. The highest BCUT2D eigenvalue weighted by Gasteiger charge is 2.87. The number of phenolic OH excluding ortho intramolecular Hbond substituents is 1. The molecule has 2 nitrogen and oxygen atoms in total. The fraction of sp³-hybridized carbons (Fsp3) is 0.462. The van der Waals surface area contributed by atoms with Crippen LogP contribution in [0.15, 0.2) is 23.2 Å². The normalized spacial score (nSPS) is 14.9. The minimum absolute atomic E-state index is 0.0259. The first-order valence-corrected chi connectivity index (χ1v) is 6.32. The van der Waals surface area contributed by atoms with Crippen LogP contribution in [0.3, 0.4) is 0 Å². The molecule has 13 heteroatoms. The van der Waals surface area contributed by atoms with E-state index in [1.807, 2.05) is 0 Å². The van der Waals surface area contributed by atoms with Gasteiger partial charge in [0.1, 0.15) is 5.75 Å². The lowest BCUT2D eigenvalue weighted by molar-refractivity contribution is -0.421. The Bertz CT molecular complexity index is 694. The number of phenols is 1. The molecule has 26 heavy (non-hydrogen) atoms. The molecule has 0 bridgehead atoms. The first-order valence-electron chi connectivity index (χ1n) is 6.32. The van der Waals surface area contributed by atoms with E-state index in [0.717, 1.165) is 12.1 Å². The highest BCUT2D eigenvalue weighted by atomic mass is 19.4. The lowest BCUT2D eigenvalue weighted by Crippen LogP contribution is -2.66. The second kappa shape index (κ2) is 6.27. The molecule has 1 rings (SSSR count). The summed E-state index contributed by atoms with van der Waals surface area (Å²) in [6.45, 7) is 1.23. The van der Waals surface area contributed by atoms with Crippen molar-refractivity contribution in [1.29, 1.82) is 0 Å². The number of aryl methyl sites for hydroxylation is 1. The van der Waals surface area contributed by atoms with Crippen molar-refractivity contribution < 1.29 is 53.4 Å². The van der Waals surface area contributed by atoms with Gasteiger partial charge < -0.3 is 5.11 Å². The number of para-hydroxylation sites is 1. The van der Waals surface area contributed by atoms with Crippen molar-refractivity contribution in [2.45, 2.75) is 36.9 Å². The van der Waals surface area contributed by atoms with Gasteiger partial charge in [0.25, 0.3) is 0 Å². The Morgan fingerprint density at radius 2 is 1.31 bits per heavy atom. The zero-order valence-corrected chi connectivity index (χ0v) is 12.4. The Labute approximate surface area is 137 Å². The molecule has 0 aliphatic carbocycles. The number of aromatic hydroxyl groups is 1. The summed E-state index contributed by atoms with van der Waals surface area (Å²) in [5.41, 5.74) is -0.663. The highest BCUT2D eigenvalue weighted by Crippen LogP contribution is 2.57. The molecule has 0 aliphatic rings. The lowest BCUT2D eigenvalue weighted by Gasteiger charge is -2.35. The van der Waals surface area contributed by atoms with E-state index in [1.165, 1.54) is 13.0 Å². The second-order valence-electron chi connectivity index (χ2n) is 5.03. The molecule has 0 aliphatic heterocycles. The second-order valence-corrected chi connectivity index (χ2v) is 5.03. The number of hydrogen-bond donors (Lipinski definition) is 1. The minimum Gasteiger partial charge on any atom is -0.507 e. The van der Waals surface area contributed by atoms with E-state index in [9.17, 15) is 53.4 Å². The number of hydrogen-bond acceptors (Lipinski definition) is 2. The van der Waals surface area contributed by atoms with Gasteiger partial charge in [0.15, 0.2) is 0 Å². The van der Waals surface area contributed by atoms with Crippen LogP contribution >= 0.6 is 0 Å². The van der Waals surface area contributed by atoms with Crippen LogP contribution in [-0.4, -0.2) is 41.3 Å². The zero-order chi connectivity index (χ0) is 20.8. The van der Waals surface area contributed by atoms with Crippen LogP contribution in [0.1, 0.15) is 11.1 Å². The lowest BCUT2D eigenvalue weighted by atomic mass is 10.0. The van der Waals surface area contributed by atoms with Gasteiger partial charge in [-0.25, -0.2) is 4.99 Å². The van der Waals surface area contributed by atoms with Crippen molar-refractivity contribution in [2.75, 3.05) is 0 Å². The van der Waals surface area contributed by atoms with Gasteiger partial charge in [-0.2, -0.15) is 48.3 Å². The first-order chi connectivity index (χ1) is 11.4. The average Bonchev–Trinajstić information content (AvgIpc) is 2.47. The van der Waals surface area contributed by atoms with E-state index in [1.54, 1.807) is 4.99 Å². The summed E-state index contributed by atoms with van der Waals surface area (Å²) in [7, 11) is 0. The van der Waals surface area contributed by atoms with Gasteiger partial charge in [0.05, 0.1) is 0 Å². The Balaban J connectivity index is 3.36. The maximum absolute atomic E-state index is 13.3. The van der Waals surface area contributed by atoms with Gasteiger partial charge in [-0.3, -0.25) is 0 Å². The van der Waals surface area contributed by atoms with Crippen LogP contribution in [-0.2, 0) is 0 Å². The van der Waals surface area contributed by atoms with Gasteiger partial charge in [-0.15, -0.1) is 0 Å². The average molecular weight is 403 g/mol. The summed E-state index contributed by atoms with van der Waals surface area (Å²) in [6.07, 6.45) is -7.48. The summed E-state index contributed by atoms with van der Waals surface area (Å²) in [4.78, 5) is 1.71. The predicted octanol–water partition coefficient (Wildman–Crippen LogP) is 5.18. The number of rotatable bonds is 5. The van der Waals surface area contributed by atoms with E-state index in [2.05, 4.69) is 0 Å². The van der Waals surface area contributed by atoms with Crippen LogP contribution in [0, 0.1) is 6.92 Å². The molecule has 0 saturated carbocycles. The molecular weight excluding hydrogens is 395 g/mol. The summed E-state index contributed by atoms with van der Waals surface area (Å²) in [5, 5.41) is 9.45. The van der Waals surface area contributed by atoms with E-state index in [-0.39, 0.29) is 11.8 Å². The molecule has 0 radical (unpaired) electrons.